The SMILES string of the molecule is CC(C)(C)OC(=O)Nc1cccn([C@@H](CC2CC2)C(=O)N[C@@H](C[C@@H]2CCCC2=O)C(=O)C(=O)NCc2ccccc2)c1=O. The van der Waals surface area contributed by atoms with Crippen LogP contribution in [0.3, 0.4) is 0 Å². The fraction of sp³-hybridized carbons (Fsp3) is 0.500. The summed E-state index contributed by atoms with van der Waals surface area (Å²) in [5, 5.41) is 7.78. The number of anilines is 1. The molecule has 0 unspecified atom stereocenters. The maximum Gasteiger partial charge on any atom is 0.412 e. The van der Waals surface area contributed by atoms with Gasteiger partial charge in [0, 0.05) is 25.1 Å². The molecule has 3 amide bonds. The summed E-state index contributed by atoms with van der Waals surface area (Å²) in [4.78, 5) is 78.3. The van der Waals surface area contributed by atoms with Crippen molar-refractivity contribution in [2.75, 3.05) is 5.32 Å². The summed E-state index contributed by atoms with van der Waals surface area (Å²) in [7, 11) is 0. The van der Waals surface area contributed by atoms with Crippen molar-refractivity contribution in [3.8, 4) is 0 Å². The second-order valence-corrected chi connectivity index (χ2v) is 12.3. The first-order valence-electron chi connectivity index (χ1n) is 14.8. The molecule has 11 nitrogen and oxygen atoms in total. The van der Waals surface area contributed by atoms with Crippen LogP contribution >= 0.6 is 0 Å². The number of benzene rings is 1. The Hall–Kier alpha value is -4.28. The van der Waals surface area contributed by atoms with Gasteiger partial charge >= 0.3 is 6.09 Å². The van der Waals surface area contributed by atoms with Gasteiger partial charge in [-0.3, -0.25) is 29.3 Å². The van der Waals surface area contributed by atoms with Gasteiger partial charge in [0.2, 0.25) is 11.7 Å². The van der Waals surface area contributed by atoms with Crippen LogP contribution in [0.1, 0.15) is 77.3 Å². The van der Waals surface area contributed by atoms with Gasteiger partial charge in [0.1, 0.15) is 23.1 Å². The highest BCUT2D eigenvalue weighted by atomic mass is 16.6. The Morgan fingerprint density at radius 2 is 1.70 bits per heavy atom. The molecule has 0 radical (unpaired) electrons. The molecule has 0 saturated heterocycles. The Kier molecular flexibility index (Phi) is 10.2. The minimum Gasteiger partial charge on any atom is -0.444 e. The molecule has 4 rings (SSSR count). The smallest absolute Gasteiger partial charge is 0.412 e. The van der Waals surface area contributed by atoms with Gasteiger partial charge in [-0.1, -0.05) is 43.2 Å². The average Bonchev–Trinajstić information content (AvgIpc) is 3.69. The maximum absolute atomic E-state index is 13.8. The number of nitrogens with zero attached hydrogens (tertiary/aromatic N) is 1. The highest BCUT2D eigenvalue weighted by Gasteiger charge is 2.37. The predicted octanol–water partition coefficient (Wildman–Crippen LogP) is 3.67. The van der Waals surface area contributed by atoms with Crippen LogP contribution in [0.15, 0.2) is 53.5 Å². The fourth-order valence-corrected chi connectivity index (χ4v) is 5.23. The van der Waals surface area contributed by atoms with E-state index in [4.69, 9.17) is 4.74 Å². The molecule has 2 aliphatic carbocycles. The molecule has 2 saturated carbocycles. The first kappa shape index (κ1) is 31.7. The van der Waals surface area contributed by atoms with Crippen molar-refractivity contribution in [2.24, 2.45) is 11.8 Å². The number of ketones is 2. The van der Waals surface area contributed by atoms with Gasteiger partial charge in [0.25, 0.3) is 11.5 Å². The van der Waals surface area contributed by atoms with Gasteiger partial charge < -0.3 is 19.9 Å². The Bertz CT molecular complexity index is 1410. The molecular formula is C32H40N4O7. The van der Waals surface area contributed by atoms with E-state index in [-0.39, 0.29) is 30.4 Å². The third-order valence-electron chi connectivity index (χ3n) is 7.61. The maximum atomic E-state index is 13.8. The minimum atomic E-state index is -1.24. The molecule has 3 atom stereocenters. The summed E-state index contributed by atoms with van der Waals surface area (Å²) in [6, 6.07) is 9.82. The zero-order valence-electron chi connectivity index (χ0n) is 24.9. The molecule has 2 fully saturated rings. The molecule has 2 aliphatic rings. The lowest BCUT2D eigenvalue weighted by atomic mass is 9.94. The standard InChI is InChI=1S/C32H40N4O7/c1-32(2,3)43-31(42)35-23-12-8-16-36(30(23)41)25(17-20-14-15-20)28(39)34-24(18-22-11-7-13-26(22)37)27(38)29(40)33-19-21-9-5-4-6-10-21/h4-6,8-10,12,16,20,22,24-25H,7,11,13-15,17-19H2,1-3H3,(H,33,40)(H,34,39)(H,35,42)/t22-,24-,25-/m0/s1. The molecule has 1 heterocycles. The Morgan fingerprint density at radius 3 is 2.33 bits per heavy atom. The first-order chi connectivity index (χ1) is 20.4. The van der Waals surface area contributed by atoms with Gasteiger partial charge in [-0.25, -0.2) is 4.79 Å². The van der Waals surface area contributed by atoms with E-state index < -0.39 is 52.9 Å². The zero-order chi connectivity index (χ0) is 31.1. The summed E-state index contributed by atoms with van der Waals surface area (Å²) in [5.74, 6) is -2.54. The van der Waals surface area contributed by atoms with Crippen molar-refractivity contribution in [1.82, 2.24) is 15.2 Å². The number of Topliss-reactive ketones (excluding diaryl/α,β-unsaturated/α-hetero) is 2. The predicted molar refractivity (Wildman–Crippen MR) is 159 cm³/mol. The Morgan fingerprint density at radius 1 is 0.977 bits per heavy atom. The number of amides is 3. The van der Waals surface area contributed by atoms with E-state index in [0.29, 0.717) is 25.7 Å². The molecule has 230 valence electrons. The van der Waals surface area contributed by atoms with Crippen LogP contribution in [-0.4, -0.2) is 45.7 Å². The Labute approximate surface area is 250 Å². The normalized spacial score (nSPS) is 17.9. The second-order valence-electron chi connectivity index (χ2n) is 12.3. The molecule has 11 heteroatoms. The van der Waals surface area contributed by atoms with E-state index in [1.54, 1.807) is 20.8 Å². The van der Waals surface area contributed by atoms with Gasteiger partial charge in [0.15, 0.2) is 0 Å². The van der Waals surface area contributed by atoms with Gasteiger partial charge in [-0.2, -0.15) is 0 Å². The molecule has 43 heavy (non-hydrogen) atoms. The van der Waals surface area contributed by atoms with Crippen molar-refractivity contribution in [3.63, 3.8) is 0 Å². The first-order valence-corrected chi connectivity index (χ1v) is 14.8. The molecule has 0 spiro atoms. The van der Waals surface area contributed by atoms with E-state index in [1.165, 1.54) is 22.9 Å². The van der Waals surface area contributed by atoms with Crippen molar-refractivity contribution in [1.29, 1.82) is 0 Å². The lowest BCUT2D eigenvalue weighted by Gasteiger charge is -2.25. The summed E-state index contributed by atoms with van der Waals surface area (Å²) in [6.07, 6.45) is 4.46. The van der Waals surface area contributed by atoms with Crippen molar-refractivity contribution >= 4 is 35.2 Å². The largest absolute Gasteiger partial charge is 0.444 e. The van der Waals surface area contributed by atoms with Crippen LogP contribution in [0.4, 0.5) is 10.5 Å². The topological polar surface area (TPSA) is 153 Å². The van der Waals surface area contributed by atoms with E-state index in [2.05, 4.69) is 16.0 Å². The molecule has 2 aromatic rings. The molecule has 0 aliphatic heterocycles. The number of rotatable bonds is 12. The van der Waals surface area contributed by atoms with Crippen molar-refractivity contribution in [3.05, 3.63) is 64.6 Å². The van der Waals surface area contributed by atoms with Crippen LogP contribution in [0, 0.1) is 11.8 Å². The van der Waals surface area contributed by atoms with Crippen molar-refractivity contribution in [2.45, 2.75) is 89.9 Å². The number of nitrogens with one attached hydrogen (secondary N) is 3. The lowest BCUT2D eigenvalue weighted by molar-refractivity contribution is -0.141. The van der Waals surface area contributed by atoms with E-state index in [1.807, 2.05) is 30.3 Å². The number of hydrogen-bond donors (Lipinski definition) is 3. The minimum absolute atomic E-state index is 0.00316. The zero-order valence-corrected chi connectivity index (χ0v) is 24.9. The molecule has 3 N–H and O–H groups in total. The number of ether oxygens (including phenoxy) is 1. The number of hydrogen-bond acceptors (Lipinski definition) is 7. The third-order valence-corrected chi connectivity index (χ3v) is 7.61. The Balaban J connectivity index is 1.54. The lowest BCUT2D eigenvalue weighted by Crippen LogP contribution is -2.51. The highest BCUT2D eigenvalue weighted by molar-refractivity contribution is 6.38. The van der Waals surface area contributed by atoms with Crippen LogP contribution in [-0.2, 0) is 30.5 Å². The molecule has 1 aromatic heterocycles. The van der Waals surface area contributed by atoms with Crippen molar-refractivity contribution < 1.29 is 28.7 Å². The summed E-state index contributed by atoms with van der Waals surface area (Å²) < 4.78 is 6.49. The summed E-state index contributed by atoms with van der Waals surface area (Å²) >= 11 is 0. The van der Waals surface area contributed by atoms with Gasteiger partial charge in [-0.05, 0) is 70.1 Å². The molecule has 0 bridgehead atoms. The number of carbonyl (C=O) groups excluding carboxylic acids is 5. The number of pyridine rings is 1. The van der Waals surface area contributed by atoms with Crippen LogP contribution in [0.5, 0.6) is 0 Å². The van der Waals surface area contributed by atoms with Crippen LogP contribution < -0.4 is 21.5 Å². The number of carbonyl (C=O) groups is 5. The monoisotopic (exact) mass is 592 g/mol. The molecular weight excluding hydrogens is 552 g/mol. The summed E-state index contributed by atoms with van der Waals surface area (Å²) in [6.45, 7) is 5.23. The van der Waals surface area contributed by atoms with Gasteiger partial charge in [0.05, 0.1) is 6.04 Å². The van der Waals surface area contributed by atoms with Crippen LogP contribution in [0.2, 0.25) is 0 Å². The second kappa shape index (κ2) is 13.8. The third kappa shape index (κ3) is 9.10. The number of aromatic nitrogens is 1. The highest BCUT2D eigenvalue weighted by Crippen LogP contribution is 2.37. The fourth-order valence-electron chi connectivity index (χ4n) is 5.23. The summed E-state index contributed by atoms with van der Waals surface area (Å²) in [5.41, 5.74) is -0.639. The van der Waals surface area contributed by atoms with Crippen LogP contribution in [0.25, 0.3) is 0 Å². The average molecular weight is 593 g/mol. The quantitative estimate of drug-likeness (QED) is 0.318. The van der Waals surface area contributed by atoms with E-state index in [9.17, 15) is 28.8 Å². The van der Waals surface area contributed by atoms with Gasteiger partial charge in [-0.15, -0.1) is 0 Å². The van der Waals surface area contributed by atoms with E-state index in [0.717, 1.165) is 18.4 Å². The molecule has 1 aromatic carbocycles. The van der Waals surface area contributed by atoms with E-state index >= 15 is 0 Å².